The summed E-state index contributed by atoms with van der Waals surface area (Å²) < 4.78 is 47.3. The first kappa shape index (κ1) is 33.1. The molecule has 47 heavy (non-hydrogen) atoms. The lowest BCUT2D eigenvalue weighted by Gasteiger charge is -2.20. The lowest BCUT2D eigenvalue weighted by molar-refractivity contribution is -0.142. The number of ether oxygens (including phenoxy) is 1. The van der Waals surface area contributed by atoms with E-state index in [1.54, 1.807) is 24.3 Å². The molecule has 0 atom stereocenters. The van der Waals surface area contributed by atoms with Crippen LogP contribution in [-0.4, -0.2) is 44.7 Å². The molecule has 244 valence electrons. The Morgan fingerprint density at radius 1 is 1.04 bits per heavy atom. The minimum atomic E-state index is -3.47. The van der Waals surface area contributed by atoms with Gasteiger partial charge in [0.1, 0.15) is 23.9 Å². The summed E-state index contributed by atoms with van der Waals surface area (Å²) in [5.41, 5.74) is 0.409. The lowest BCUT2D eigenvalue weighted by Crippen LogP contribution is -2.25. The molecule has 0 aliphatic rings. The van der Waals surface area contributed by atoms with E-state index in [0.29, 0.717) is 22.1 Å². The Kier molecular flexibility index (Phi) is 8.82. The molecule has 0 fully saturated rings. The minimum absolute atomic E-state index is 0.0489. The van der Waals surface area contributed by atoms with E-state index in [1.165, 1.54) is 57.6 Å². The number of sulfone groups is 1. The Morgan fingerprint density at radius 2 is 1.79 bits per heavy atom. The van der Waals surface area contributed by atoms with Gasteiger partial charge >= 0.3 is 5.97 Å². The first-order chi connectivity index (χ1) is 22.1. The zero-order chi connectivity index (χ0) is 34.3. The summed E-state index contributed by atoms with van der Waals surface area (Å²) in [5.74, 6) is -1.14. The highest BCUT2D eigenvalue weighted by Gasteiger charge is 2.22. The maximum Gasteiger partial charge on any atom is 0.302 e. The number of nitrogens with zero attached hydrogens (tertiary/aromatic N) is 5. The fourth-order valence-electron chi connectivity index (χ4n) is 4.95. The molecular weight excluding hydrogens is 627 g/mol. The molecule has 0 aliphatic heterocycles. The standard InChI is InChI=1S/C33H33FN6O6S/c1-7-47(44,45)22-11-12-29(35-17-22)37-27-15-26(38-39(6)31(27)42)23-9-8-10-28(24(23)18-46-19(2)41)40-32(43)30-20(16-36-40)13-21(14-25(30)34)33(3,4)5/h8-17H,7,18H2,1-6H3,(H,35,37). The third kappa shape index (κ3) is 6.68. The minimum Gasteiger partial charge on any atom is -0.461 e. The van der Waals surface area contributed by atoms with Crippen LogP contribution in [-0.2, 0) is 38.4 Å². The molecule has 0 radical (unpaired) electrons. The van der Waals surface area contributed by atoms with Gasteiger partial charge in [0.25, 0.3) is 11.1 Å². The van der Waals surface area contributed by atoms with Crippen LogP contribution in [0, 0.1) is 5.82 Å². The average Bonchev–Trinajstić information content (AvgIpc) is 3.01. The lowest BCUT2D eigenvalue weighted by atomic mass is 9.86. The van der Waals surface area contributed by atoms with Crippen LogP contribution in [0.4, 0.5) is 15.9 Å². The van der Waals surface area contributed by atoms with Gasteiger partial charge in [0.15, 0.2) is 9.84 Å². The van der Waals surface area contributed by atoms with Crippen molar-refractivity contribution in [3.63, 3.8) is 0 Å². The Hall–Kier alpha value is -5.24. The van der Waals surface area contributed by atoms with Crippen molar-refractivity contribution >= 4 is 38.1 Å². The maximum atomic E-state index is 15.4. The van der Waals surface area contributed by atoms with Gasteiger partial charge in [0.05, 0.1) is 33.6 Å². The molecule has 3 aromatic heterocycles. The molecule has 2 aromatic carbocycles. The molecule has 0 amide bonds. The topological polar surface area (TPSA) is 155 Å². The molecule has 5 rings (SSSR count). The molecule has 5 aromatic rings. The number of halogens is 1. The SMILES string of the molecule is CCS(=O)(=O)c1ccc(Nc2cc(-c3cccc(-n4ncc5cc(C(C)(C)C)cc(F)c5c4=O)c3COC(C)=O)nn(C)c2=O)nc1. The van der Waals surface area contributed by atoms with Gasteiger partial charge in [0.2, 0.25) is 0 Å². The van der Waals surface area contributed by atoms with Crippen molar-refractivity contribution in [2.45, 2.75) is 51.5 Å². The van der Waals surface area contributed by atoms with Crippen LogP contribution < -0.4 is 16.4 Å². The molecular formula is C33H33FN6O6S. The van der Waals surface area contributed by atoms with Crippen molar-refractivity contribution in [3.8, 4) is 16.9 Å². The van der Waals surface area contributed by atoms with Crippen molar-refractivity contribution in [1.29, 1.82) is 0 Å². The van der Waals surface area contributed by atoms with Crippen molar-refractivity contribution in [2.24, 2.45) is 7.05 Å². The summed E-state index contributed by atoms with van der Waals surface area (Å²) >= 11 is 0. The van der Waals surface area contributed by atoms with Gasteiger partial charge in [-0.15, -0.1) is 0 Å². The number of anilines is 2. The molecule has 0 bridgehead atoms. The molecule has 0 aliphatic carbocycles. The van der Waals surface area contributed by atoms with E-state index in [9.17, 15) is 22.8 Å². The number of hydrogen-bond acceptors (Lipinski definition) is 10. The van der Waals surface area contributed by atoms with E-state index in [4.69, 9.17) is 4.74 Å². The monoisotopic (exact) mass is 660 g/mol. The average molecular weight is 661 g/mol. The third-order valence-electron chi connectivity index (χ3n) is 7.58. The molecule has 0 saturated carbocycles. The number of fused-ring (bicyclic) bond motifs is 1. The number of aromatic nitrogens is 5. The van der Waals surface area contributed by atoms with Crippen molar-refractivity contribution in [1.82, 2.24) is 24.5 Å². The Balaban J connectivity index is 1.65. The number of esters is 1. The van der Waals surface area contributed by atoms with Gasteiger partial charge in [0, 0.05) is 36.7 Å². The highest BCUT2D eigenvalue weighted by atomic mass is 32.2. The van der Waals surface area contributed by atoms with Gasteiger partial charge in [-0.25, -0.2) is 22.5 Å². The summed E-state index contributed by atoms with van der Waals surface area (Å²) in [6.07, 6.45) is 2.61. The summed E-state index contributed by atoms with van der Waals surface area (Å²) in [6, 6.07) is 12.3. The fourth-order valence-corrected chi connectivity index (χ4v) is 5.77. The normalized spacial score (nSPS) is 11.9. The number of rotatable bonds is 8. The van der Waals surface area contributed by atoms with Crippen LogP contribution in [0.1, 0.15) is 45.7 Å². The predicted octanol–water partition coefficient (Wildman–Crippen LogP) is 4.58. The molecule has 0 unspecified atom stereocenters. The molecule has 0 spiro atoms. The Labute approximate surface area is 269 Å². The number of nitrogens with one attached hydrogen (secondary N) is 1. The quantitative estimate of drug-likeness (QED) is 0.234. The zero-order valence-corrected chi connectivity index (χ0v) is 27.5. The van der Waals surface area contributed by atoms with Gasteiger partial charge in [-0.3, -0.25) is 14.4 Å². The van der Waals surface area contributed by atoms with E-state index in [2.05, 4.69) is 20.5 Å². The van der Waals surface area contributed by atoms with Gasteiger partial charge in [-0.1, -0.05) is 39.8 Å². The zero-order valence-electron chi connectivity index (χ0n) is 26.7. The van der Waals surface area contributed by atoms with Gasteiger partial charge in [-0.05, 0) is 47.4 Å². The largest absolute Gasteiger partial charge is 0.461 e. The number of pyridine rings is 1. The van der Waals surface area contributed by atoms with Crippen LogP contribution in [0.15, 0.2) is 75.4 Å². The molecule has 12 nitrogen and oxygen atoms in total. The van der Waals surface area contributed by atoms with E-state index >= 15 is 4.39 Å². The molecule has 1 N–H and O–H groups in total. The van der Waals surface area contributed by atoms with Crippen LogP contribution in [0.25, 0.3) is 27.7 Å². The van der Waals surface area contributed by atoms with E-state index in [1.807, 2.05) is 20.8 Å². The van der Waals surface area contributed by atoms with Crippen molar-refractivity contribution < 1.29 is 22.3 Å². The fraction of sp³-hybridized carbons (Fsp3) is 0.273. The van der Waals surface area contributed by atoms with Gasteiger partial charge < -0.3 is 10.1 Å². The first-order valence-electron chi connectivity index (χ1n) is 14.6. The van der Waals surface area contributed by atoms with Crippen LogP contribution in [0.2, 0.25) is 0 Å². The summed E-state index contributed by atoms with van der Waals surface area (Å²) in [7, 11) is -2.02. The Bertz CT molecular complexity index is 2260. The number of benzene rings is 2. The van der Waals surface area contributed by atoms with E-state index in [-0.39, 0.29) is 50.9 Å². The van der Waals surface area contributed by atoms with Gasteiger partial charge in [-0.2, -0.15) is 14.9 Å². The van der Waals surface area contributed by atoms with E-state index < -0.39 is 32.7 Å². The van der Waals surface area contributed by atoms with Crippen LogP contribution in [0.3, 0.4) is 0 Å². The number of aryl methyl sites for hydroxylation is 1. The second-order valence-electron chi connectivity index (χ2n) is 11.9. The van der Waals surface area contributed by atoms with Crippen LogP contribution in [0.5, 0.6) is 0 Å². The van der Waals surface area contributed by atoms with E-state index in [0.717, 1.165) is 9.36 Å². The second kappa shape index (κ2) is 12.5. The summed E-state index contributed by atoms with van der Waals surface area (Å²) in [5, 5.41) is 11.9. The molecule has 14 heteroatoms. The maximum absolute atomic E-state index is 15.4. The second-order valence-corrected chi connectivity index (χ2v) is 14.2. The first-order valence-corrected chi connectivity index (χ1v) is 16.3. The Morgan fingerprint density at radius 3 is 2.43 bits per heavy atom. The number of carbonyl (C=O) groups excluding carboxylic acids is 1. The molecule has 3 heterocycles. The van der Waals surface area contributed by atoms with Crippen LogP contribution >= 0.6 is 0 Å². The smallest absolute Gasteiger partial charge is 0.302 e. The summed E-state index contributed by atoms with van der Waals surface area (Å²) in [6.45, 7) is 8.30. The van der Waals surface area contributed by atoms with Crippen molar-refractivity contribution in [2.75, 3.05) is 11.1 Å². The third-order valence-corrected chi connectivity index (χ3v) is 9.30. The predicted molar refractivity (Wildman–Crippen MR) is 175 cm³/mol. The molecule has 0 saturated heterocycles. The highest BCUT2D eigenvalue weighted by Crippen LogP contribution is 2.30. The number of carbonyl (C=O) groups is 1. The summed E-state index contributed by atoms with van der Waals surface area (Å²) in [4.78, 5) is 42.9. The van der Waals surface area contributed by atoms with Crippen molar-refractivity contribution in [3.05, 3.63) is 98.6 Å². The highest BCUT2D eigenvalue weighted by molar-refractivity contribution is 7.91. The number of hydrogen-bond donors (Lipinski definition) is 1.